The Morgan fingerprint density at radius 3 is 2.67 bits per heavy atom. The number of aryl methyl sites for hydroxylation is 1. The normalized spacial score (nSPS) is 15.3. The largest absolute Gasteiger partial charge is 0.573 e. The molecule has 30 heavy (non-hydrogen) atoms. The number of aromatic nitrogens is 1. The number of halogens is 3. The molecular formula is C22H15F3N2O3. The van der Waals surface area contributed by atoms with E-state index in [1.54, 1.807) is 12.3 Å². The highest BCUT2D eigenvalue weighted by molar-refractivity contribution is 6.19. The number of hydrogen-bond acceptors (Lipinski definition) is 4. The van der Waals surface area contributed by atoms with Gasteiger partial charge in [0.15, 0.2) is 0 Å². The molecule has 0 saturated carbocycles. The van der Waals surface area contributed by atoms with Gasteiger partial charge in [0.25, 0.3) is 5.91 Å². The van der Waals surface area contributed by atoms with Gasteiger partial charge in [-0.1, -0.05) is 13.0 Å². The van der Waals surface area contributed by atoms with Gasteiger partial charge in [0, 0.05) is 46.3 Å². The minimum Gasteiger partial charge on any atom is -0.455 e. The molecule has 5 rings (SSSR count). The summed E-state index contributed by atoms with van der Waals surface area (Å²) < 4.78 is 47.3. The number of nitrogens with one attached hydrogen (secondary N) is 1. The highest BCUT2D eigenvalue weighted by atomic mass is 19.4. The third-order valence-electron chi connectivity index (χ3n) is 5.21. The van der Waals surface area contributed by atoms with Crippen molar-refractivity contribution in [3.63, 3.8) is 0 Å². The van der Waals surface area contributed by atoms with E-state index in [1.807, 2.05) is 19.9 Å². The second kappa shape index (κ2) is 6.22. The third kappa shape index (κ3) is 2.96. The number of hydrogen-bond donors (Lipinski definition) is 1. The molecule has 8 heteroatoms. The summed E-state index contributed by atoms with van der Waals surface area (Å²) in [5.74, 6) is -0.638. The van der Waals surface area contributed by atoms with Crippen LogP contribution in [0.3, 0.4) is 0 Å². The number of amides is 1. The SMILES string of the molecule is Cc1cc(-c2c(C(=O)Nc3cccc(OC(F)(F)F)c3)c3oc2c2c3[C@@H]2C)ccn1. The van der Waals surface area contributed by atoms with Crippen LogP contribution in [0.15, 0.2) is 47.0 Å². The number of anilines is 1. The minimum atomic E-state index is -4.81. The number of carbonyl (C=O) groups is 1. The maximum Gasteiger partial charge on any atom is 0.573 e. The van der Waals surface area contributed by atoms with Gasteiger partial charge in [-0.2, -0.15) is 0 Å². The van der Waals surface area contributed by atoms with Crippen LogP contribution < -0.4 is 10.1 Å². The predicted octanol–water partition coefficient (Wildman–Crippen LogP) is 5.86. The molecule has 1 aromatic carbocycles. The molecule has 0 aliphatic heterocycles. The van der Waals surface area contributed by atoms with E-state index >= 15 is 0 Å². The van der Waals surface area contributed by atoms with Gasteiger partial charge in [0.05, 0.1) is 5.56 Å². The lowest BCUT2D eigenvalue weighted by Gasteiger charge is -2.11. The van der Waals surface area contributed by atoms with Crippen molar-refractivity contribution in [3.05, 3.63) is 65.0 Å². The average Bonchev–Trinajstić information content (AvgIpc) is 3.03. The van der Waals surface area contributed by atoms with E-state index in [0.717, 1.165) is 28.5 Å². The molecule has 1 aliphatic carbocycles. The summed E-state index contributed by atoms with van der Waals surface area (Å²) in [7, 11) is 0. The highest BCUT2D eigenvalue weighted by Gasteiger charge is 2.44. The van der Waals surface area contributed by atoms with Crippen LogP contribution in [0.25, 0.3) is 22.3 Å². The fraction of sp³-hybridized carbons (Fsp3) is 0.182. The standard InChI is InChI=1S/C22H15F3N2O3/c1-10-8-12(6-7-26-10)17-18(20-16-11(2)15(16)19(17)29-20)21(28)27-13-4-3-5-14(9-13)30-22(23,24)25/h3-9,11H,1-2H3,(H,27,28)/t11-/m1/s1. The fourth-order valence-corrected chi connectivity index (χ4v) is 3.94. The summed E-state index contributed by atoms with van der Waals surface area (Å²) in [6.07, 6.45) is -3.15. The summed E-state index contributed by atoms with van der Waals surface area (Å²) in [6.45, 7) is 3.90. The van der Waals surface area contributed by atoms with Crippen LogP contribution in [-0.4, -0.2) is 17.3 Å². The second-order valence-electron chi connectivity index (χ2n) is 7.28. The number of furan rings is 2. The smallest absolute Gasteiger partial charge is 0.455 e. The van der Waals surface area contributed by atoms with Crippen molar-refractivity contribution in [2.45, 2.75) is 26.1 Å². The first-order valence-electron chi connectivity index (χ1n) is 9.24. The number of ether oxygens (including phenoxy) is 1. The van der Waals surface area contributed by atoms with Crippen LogP contribution in [0, 0.1) is 6.92 Å². The Hall–Kier alpha value is -3.55. The maximum atomic E-state index is 13.2. The lowest BCUT2D eigenvalue weighted by molar-refractivity contribution is -0.274. The first-order chi connectivity index (χ1) is 14.2. The van der Waals surface area contributed by atoms with Crippen LogP contribution in [0.1, 0.15) is 40.0 Å². The zero-order valence-corrected chi connectivity index (χ0v) is 15.9. The van der Waals surface area contributed by atoms with Crippen LogP contribution in [0.2, 0.25) is 0 Å². The molecule has 3 heterocycles. The number of benzene rings is 2. The Bertz CT molecular complexity index is 1290. The lowest BCUT2D eigenvalue weighted by atomic mass is 9.99. The maximum absolute atomic E-state index is 13.2. The topological polar surface area (TPSA) is 64.4 Å². The molecule has 0 spiro atoms. The molecule has 0 saturated heterocycles. The lowest BCUT2D eigenvalue weighted by Crippen LogP contribution is -2.17. The van der Waals surface area contributed by atoms with Crippen molar-refractivity contribution in [2.24, 2.45) is 0 Å². The predicted molar refractivity (Wildman–Crippen MR) is 104 cm³/mol. The van der Waals surface area contributed by atoms with Crippen LogP contribution in [0.4, 0.5) is 18.9 Å². The molecule has 5 nitrogen and oxygen atoms in total. The zero-order chi connectivity index (χ0) is 21.2. The first kappa shape index (κ1) is 18.5. The van der Waals surface area contributed by atoms with Crippen LogP contribution in [0.5, 0.6) is 5.75 Å². The zero-order valence-electron chi connectivity index (χ0n) is 15.9. The molecule has 1 atom stereocenters. The van der Waals surface area contributed by atoms with Crippen LogP contribution >= 0.6 is 0 Å². The van der Waals surface area contributed by atoms with Gasteiger partial charge in [0.2, 0.25) is 0 Å². The summed E-state index contributed by atoms with van der Waals surface area (Å²) in [5.41, 5.74) is 6.16. The molecule has 152 valence electrons. The van der Waals surface area contributed by atoms with Crippen molar-refractivity contribution >= 4 is 22.8 Å². The quantitative estimate of drug-likeness (QED) is 0.456. The van der Waals surface area contributed by atoms with E-state index in [2.05, 4.69) is 15.0 Å². The number of pyridine rings is 1. The van der Waals surface area contributed by atoms with E-state index in [4.69, 9.17) is 4.42 Å². The molecule has 0 fully saturated rings. The van der Waals surface area contributed by atoms with E-state index in [-0.39, 0.29) is 11.6 Å². The van der Waals surface area contributed by atoms with Gasteiger partial charge >= 0.3 is 6.36 Å². The van der Waals surface area contributed by atoms with Crippen LogP contribution in [-0.2, 0) is 0 Å². The second-order valence-corrected chi connectivity index (χ2v) is 7.28. The molecule has 0 unspecified atom stereocenters. The highest BCUT2D eigenvalue weighted by Crippen LogP contribution is 2.58. The van der Waals surface area contributed by atoms with E-state index in [9.17, 15) is 18.0 Å². The van der Waals surface area contributed by atoms with Crippen molar-refractivity contribution in [2.75, 3.05) is 5.32 Å². The molecule has 3 aromatic heterocycles. The summed E-state index contributed by atoms with van der Waals surface area (Å²) in [5, 5.41) is 2.67. The van der Waals surface area contributed by atoms with Crippen molar-refractivity contribution in [3.8, 4) is 16.9 Å². The van der Waals surface area contributed by atoms with Gasteiger partial charge in [-0.3, -0.25) is 9.78 Å². The third-order valence-corrected chi connectivity index (χ3v) is 5.21. The molecule has 0 radical (unpaired) electrons. The molecule has 4 aromatic rings. The molecule has 1 aliphatic rings. The first-order valence-corrected chi connectivity index (χ1v) is 9.24. The Labute approximate surface area is 168 Å². The number of rotatable bonds is 4. The summed E-state index contributed by atoms with van der Waals surface area (Å²) in [6, 6.07) is 8.83. The van der Waals surface area contributed by atoms with E-state index in [0.29, 0.717) is 22.3 Å². The molecule has 1 amide bonds. The monoisotopic (exact) mass is 412 g/mol. The average molecular weight is 412 g/mol. The Kier molecular flexibility index (Phi) is 3.83. The summed E-state index contributed by atoms with van der Waals surface area (Å²) >= 11 is 0. The van der Waals surface area contributed by atoms with E-state index < -0.39 is 18.0 Å². The minimum absolute atomic E-state index is 0.186. The molecule has 2 bridgehead atoms. The Balaban J connectivity index is 1.53. The van der Waals surface area contributed by atoms with Crippen molar-refractivity contribution in [1.82, 2.24) is 4.98 Å². The Morgan fingerprint density at radius 2 is 1.93 bits per heavy atom. The number of alkyl halides is 3. The molecule has 1 N–H and O–H groups in total. The van der Waals surface area contributed by atoms with Crippen molar-refractivity contribution < 1.29 is 27.1 Å². The fourth-order valence-electron chi connectivity index (χ4n) is 3.94. The number of fused-ring (bicyclic) bond motifs is 5. The Morgan fingerprint density at radius 1 is 1.17 bits per heavy atom. The van der Waals surface area contributed by atoms with Gasteiger partial charge in [-0.15, -0.1) is 13.2 Å². The number of carbonyl (C=O) groups excluding carboxylic acids is 1. The summed E-state index contributed by atoms with van der Waals surface area (Å²) in [4.78, 5) is 17.4. The van der Waals surface area contributed by atoms with Gasteiger partial charge < -0.3 is 14.5 Å². The number of nitrogens with zero attached hydrogens (tertiary/aromatic N) is 1. The van der Waals surface area contributed by atoms with Gasteiger partial charge in [0.1, 0.15) is 16.9 Å². The van der Waals surface area contributed by atoms with E-state index in [1.165, 1.54) is 18.2 Å². The molecular weight excluding hydrogens is 397 g/mol. The van der Waals surface area contributed by atoms with Gasteiger partial charge in [-0.05, 0) is 36.8 Å². The van der Waals surface area contributed by atoms with Crippen molar-refractivity contribution in [1.29, 1.82) is 0 Å². The van der Waals surface area contributed by atoms with Gasteiger partial charge in [-0.25, -0.2) is 0 Å².